The Bertz CT molecular complexity index is 2930. The zero-order valence-corrected chi connectivity index (χ0v) is 34.1. The van der Waals surface area contributed by atoms with E-state index < -0.39 is 11.0 Å². The molecule has 2 aliphatic rings. The fraction of sp³-hybridized carbons (Fsp3) is 0.170. The number of anilines is 2. The number of pyridine rings is 2. The average molecular weight is 836 g/mol. The zero-order chi connectivity index (χ0) is 43.8. The first-order valence-corrected chi connectivity index (χ1v) is 19.6. The molecule has 0 radical (unpaired) electrons. The predicted octanol–water partition coefficient (Wildman–Crippen LogP) is 9.26. The molecule has 0 atom stereocenters. The van der Waals surface area contributed by atoms with Crippen LogP contribution in [-0.2, 0) is 26.2 Å². The summed E-state index contributed by atoms with van der Waals surface area (Å²) in [7, 11) is 3.41. The number of nitro groups is 1. The summed E-state index contributed by atoms with van der Waals surface area (Å²) >= 11 is 0. The zero-order valence-electron chi connectivity index (χ0n) is 34.1. The third-order valence-corrected chi connectivity index (χ3v) is 11.2. The standard InChI is InChI=1S/C27H21FN4O5.C20H18FN3O/c1-16-23-22(15-31(26(23)33)14-17-5-7-18(28)8-6-17)25(21-4-3-13-29-24(16)21)30(2)27(34)37-20-11-9-19(10-12-20)32(35)36;1-12-17-16(19(22-2)15-4-3-9-23-18(12)15)11-24(20(17)25)10-13-5-7-14(21)8-6-13/h3-13H,14-15H2,1-2H3;3-9,22H,10-11H2,1-2H3. The molecule has 0 aliphatic carbocycles. The van der Waals surface area contributed by atoms with Crippen LogP contribution in [0.3, 0.4) is 0 Å². The van der Waals surface area contributed by atoms with Crippen LogP contribution in [0.5, 0.6) is 5.75 Å². The highest BCUT2D eigenvalue weighted by Crippen LogP contribution is 2.42. The minimum atomic E-state index is -0.727. The molecular formula is C47H39F2N7O6. The van der Waals surface area contributed by atoms with Crippen LogP contribution in [0.2, 0.25) is 0 Å². The molecule has 1 N–H and O–H groups in total. The fourth-order valence-electron chi connectivity index (χ4n) is 8.23. The summed E-state index contributed by atoms with van der Waals surface area (Å²) in [6, 6.07) is 24.9. The number of halogens is 2. The Kier molecular flexibility index (Phi) is 11.0. The number of nitrogens with one attached hydrogen (secondary N) is 1. The van der Waals surface area contributed by atoms with E-state index in [9.17, 15) is 33.3 Å². The quantitative estimate of drug-likeness (QED) is 0.117. The molecule has 0 saturated heterocycles. The molecule has 0 spiro atoms. The summed E-state index contributed by atoms with van der Waals surface area (Å²) in [6.45, 7) is 5.28. The SMILES string of the molecule is CNc1c2c(c(C)c3ncccc13)C(=O)N(Cc1ccc(F)cc1)C2.Cc1c2c(c(N(C)C(=O)Oc3ccc([N+](=O)[O-])cc3)c3cccnc13)CN(Cc1ccc(F)cc1)C2=O. The van der Waals surface area contributed by atoms with Crippen molar-refractivity contribution in [1.29, 1.82) is 0 Å². The van der Waals surface area contributed by atoms with Crippen molar-refractivity contribution in [2.45, 2.75) is 40.0 Å². The number of nitrogens with zero attached hydrogens (tertiary/aromatic N) is 6. The van der Waals surface area contributed by atoms with E-state index in [2.05, 4.69) is 15.3 Å². The van der Waals surface area contributed by atoms with Gasteiger partial charge in [0.2, 0.25) is 0 Å². The van der Waals surface area contributed by atoms with E-state index >= 15 is 0 Å². The molecule has 5 aromatic carbocycles. The number of carbonyl (C=O) groups is 3. The van der Waals surface area contributed by atoms with Gasteiger partial charge in [0.15, 0.2) is 0 Å². The van der Waals surface area contributed by atoms with Gasteiger partial charge in [-0.1, -0.05) is 24.3 Å². The highest BCUT2D eigenvalue weighted by atomic mass is 19.1. The number of nitro benzene ring substituents is 1. The van der Waals surface area contributed by atoms with Gasteiger partial charge in [-0.15, -0.1) is 0 Å². The first-order valence-electron chi connectivity index (χ1n) is 19.6. The van der Waals surface area contributed by atoms with Crippen molar-refractivity contribution >= 4 is 56.8 Å². The third kappa shape index (κ3) is 7.59. The molecule has 0 unspecified atom stereocenters. The fourth-order valence-corrected chi connectivity index (χ4v) is 8.23. The molecule has 13 nitrogen and oxygen atoms in total. The second kappa shape index (κ2) is 16.7. The topological polar surface area (TPSA) is 151 Å². The lowest BCUT2D eigenvalue weighted by Crippen LogP contribution is -2.30. The van der Waals surface area contributed by atoms with Gasteiger partial charge >= 0.3 is 6.09 Å². The maximum absolute atomic E-state index is 13.5. The molecular weight excluding hydrogens is 797 g/mol. The van der Waals surface area contributed by atoms with E-state index in [0.29, 0.717) is 46.4 Å². The van der Waals surface area contributed by atoms with Crippen LogP contribution in [0.4, 0.5) is 30.6 Å². The molecule has 3 amide bonds. The lowest BCUT2D eigenvalue weighted by atomic mass is 9.96. The van der Waals surface area contributed by atoms with E-state index in [1.54, 1.807) is 52.5 Å². The van der Waals surface area contributed by atoms with E-state index in [0.717, 1.165) is 44.4 Å². The van der Waals surface area contributed by atoms with Crippen LogP contribution in [0.25, 0.3) is 21.8 Å². The number of rotatable bonds is 8. The number of aryl methyl sites for hydroxylation is 2. The second-order valence-corrected chi connectivity index (χ2v) is 15.0. The summed E-state index contributed by atoms with van der Waals surface area (Å²) in [6.07, 6.45) is 2.64. The van der Waals surface area contributed by atoms with Gasteiger partial charge in [0, 0.05) is 92.4 Å². The molecule has 0 bridgehead atoms. The number of hydrogen-bond donors (Lipinski definition) is 1. The van der Waals surface area contributed by atoms with Gasteiger partial charge in [-0.2, -0.15) is 0 Å². The van der Waals surface area contributed by atoms with Gasteiger partial charge in [-0.25, -0.2) is 13.6 Å². The van der Waals surface area contributed by atoms with Crippen LogP contribution < -0.4 is 15.0 Å². The van der Waals surface area contributed by atoms with Crippen molar-refractivity contribution in [2.75, 3.05) is 24.3 Å². The van der Waals surface area contributed by atoms with Gasteiger partial charge in [0.25, 0.3) is 17.5 Å². The minimum Gasteiger partial charge on any atom is -0.410 e. The Morgan fingerprint density at radius 2 is 1.24 bits per heavy atom. The molecule has 2 aliphatic heterocycles. The van der Waals surface area contributed by atoms with Gasteiger partial charge in [0.05, 0.1) is 32.8 Å². The minimum absolute atomic E-state index is 0.000813. The predicted molar refractivity (Wildman–Crippen MR) is 230 cm³/mol. The van der Waals surface area contributed by atoms with Crippen LogP contribution in [0, 0.1) is 35.6 Å². The van der Waals surface area contributed by atoms with Gasteiger partial charge < -0.3 is 19.9 Å². The number of benzene rings is 5. The Hall–Kier alpha value is -7.81. The van der Waals surface area contributed by atoms with E-state index in [1.165, 1.54) is 60.5 Å². The molecule has 2 aromatic heterocycles. The van der Waals surface area contributed by atoms with Crippen molar-refractivity contribution < 1.29 is 32.8 Å². The molecule has 0 fully saturated rings. The summed E-state index contributed by atoms with van der Waals surface area (Å²) in [5.41, 5.74) is 8.94. The van der Waals surface area contributed by atoms with E-state index in [-0.39, 0.29) is 48.0 Å². The molecule has 7 aromatic rings. The number of carbonyl (C=O) groups excluding carboxylic acids is 3. The second-order valence-electron chi connectivity index (χ2n) is 15.0. The monoisotopic (exact) mass is 835 g/mol. The lowest BCUT2D eigenvalue weighted by Gasteiger charge is -2.22. The summed E-state index contributed by atoms with van der Waals surface area (Å²) < 4.78 is 31.9. The largest absolute Gasteiger partial charge is 0.419 e. The van der Waals surface area contributed by atoms with Crippen molar-refractivity contribution in [3.05, 3.63) is 176 Å². The summed E-state index contributed by atoms with van der Waals surface area (Å²) in [5, 5.41) is 15.9. The van der Waals surface area contributed by atoms with E-state index in [4.69, 9.17) is 4.74 Å². The maximum atomic E-state index is 13.5. The van der Waals surface area contributed by atoms with Gasteiger partial charge in [-0.3, -0.25) is 34.6 Å². The third-order valence-electron chi connectivity index (χ3n) is 11.2. The Labute approximate surface area is 354 Å². The highest BCUT2D eigenvalue weighted by molar-refractivity contribution is 6.12. The molecule has 62 heavy (non-hydrogen) atoms. The van der Waals surface area contributed by atoms with Gasteiger partial charge in [-0.05, 0) is 96.8 Å². The van der Waals surface area contributed by atoms with Crippen molar-refractivity contribution in [1.82, 2.24) is 19.8 Å². The van der Waals surface area contributed by atoms with Crippen LogP contribution in [0.1, 0.15) is 54.1 Å². The van der Waals surface area contributed by atoms with Crippen molar-refractivity contribution in [3.8, 4) is 5.75 Å². The van der Waals surface area contributed by atoms with Crippen LogP contribution in [-0.4, -0.2) is 56.7 Å². The lowest BCUT2D eigenvalue weighted by molar-refractivity contribution is -0.384. The normalized spacial score (nSPS) is 12.9. The molecule has 4 heterocycles. The Balaban J connectivity index is 0.000000184. The molecule has 15 heteroatoms. The first kappa shape index (κ1) is 40.9. The van der Waals surface area contributed by atoms with Crippen molar-refractivity contribution in [2.24, 2.45) is 0 Å². The first-order chi connectivity index (χ1) is 29.8. The Morgan fingerprint density at radius 3 is 1.76 bits per heavy atom. The number of non-ortho nitro benzene ring substituents is 1. The van der Waals surface area contributed by atoms with Crippen molar-refractivity contribution in [3.63, 3.8) is 0 Å². The number of amides is 3. The number of ether oxygens (including phenoxy) is 1. The Morgan fingerprint density at radius 1 is 0.758 bits per heavy atom. The highest BCUT2D eigenvalue weighted by Gasteiger charge is 2.36. The summed E-state index contributed by atoms with van der Waals surface area (Å²) in [4.78, 5) is 63.7. The smallest absolute Gasteiger partial charge is 0.410 e. The number of aromatic nitrogens is 2. The van der Waals surface area contributed by atoms with Gasteiger partial charge in [0.1, 0.15) is 17.4 Å². The maximum Gasteiger partial charge on any atom is 0.419 e. The summed E-state index contributed by atoms with van der Waals surface area (Å²) in [5.74, 6) is -0.694. The molecule has 312 valence electrons. The van der Waals surface area contributed by atoms with Crippen LogP contribution >= 0.6 is 0 Å². The molecule has 9 rings (SSSR count). The average Bonchev–Trinajstić information content (AvgIpc) is 3.77. The number of fused-ring (bicyclic) bond motifs is 4. The van der Waals surface area contributed by atoms with Crippen LogP contribution in [0.15, 0.2) is 109 Å². The van der Waals surface area contributed by atoms with E-state index in [1.807, 2.05) is 39.1 Å². The molecule has 0 saturated carbocycles. The number of hydrogen-bond acceptors (Lipinski definition) is 9.